The van der Waals surface area contributed by atoms with E-state index in [0.717, 1.165) is 5.57 Å². The van der Waals surface area contributed by atoms with Crippen molar-refractivity contribution in [1.29, 1.82) is 0 Å². The Labute approximate surface area is 144 Å². The predicted molar refractivity (Wildman–Crippen MR) is 96.3 cm³/mol. The fourth-order valence-electron chi connectivity index (χ4n) is 1.49. The van der Waals surface area contributed by atoms with E-state index in [2.05, 4.69) is 4.74 Å². The van der Waals surface area contributed by atoms with Gasteiger partial charge in [-0.1, -0.05) is 19.4 Å². The molecule has 1 aliphatic heterocycles. The van der Waals surface area contributed by atoms with Crippen molar-refractivity contribution in [3.63, 3.8) is 0 Å². The lowest BCUT2D eigenvalue weighted by Gasteiger charge is -2.42. The normalized spacial score (nSPS) is 18.6. The number of likely N-dealkylation sites (tertiary alicyclic amines) is 1. The van der Waals surface area contributed by atoms with Gasteiger partial charge in [-0.2, -0.15) is 0 Å². The number of thioether (sulfide) groups is 1. The van der Waals surface area contributed by atoms with Crippen LogP contribution in [0.15, 0.2) is 11.6 Å². The van der Waals surface area contributed by atoms with Crippen LogP contribution in [0, 0.1) is 0 Å². The summed E-state index contributed by atoms with van der Waals surface area (Å²) in [6.07, 6.45) is 2.20. The van der Waals surface area contributed by atoms with E-state index in [1.165, 1.54) is 11.8 Å². The topological polar surface area (TPSA) is 81.9 Å². The summed E-state index contributed by atoms with van der Waals surface area (Å²) in [4.78, 5) is 24.1. The minimum atomic E-state index is -0.429. The van der Waals surface area contributed by atoms with Crippen LogP contribution >= 0.6 is 11.8 Å². The largest absolute Gasteiger partial charge is 0.461 e. The van der Waals surface area contributed by atoms with Gasteiger partial charge in [0, 0.05) is 27.0 Å². The number of hydrogen-bond acceptors (Lipinski definition) is 6. The second-order valence-corrected chi connectivity index (χ2v) is 6.08. The summed E-state index contributed by atoms with van der Waals surface area (Å²) in [5.74, 6) is 0.351. The molecule has 0 aromatic heterocycles. The second kappa shape index (κ2) is 14.5. The molecule has 1 heterocycles. The molecule has 136 valence electrons. The van der Waals surface area contributed by atoms with Crippen LogP contribution in [0.5, 0.6) is 0 Å². The minimum Gasteiger partial charge on any atom is -0.461 e. The highest BCUT2D eigenvalue weighted by Crippen LogP contribution is 2.27. The van der Waals surface area contributed by atoms with E-state index in [1.807, 2.05) is 33.8 Å². The van der Waals surface area contributed by atoms with Crippen molar-refractivity contribution in [1.82, 2.24) is 4.90 Å². The van der Waals surface area contributed by atoms with Gasteiger partial charge in [-0.05, 0) is 19.9 Å². The van der Waals surface area contributed by atoms with E-state index in [9.17, 15) is 9.59 Å². The van der Waals surface area contributed by atoms with Crippen LogP contribution in [0.25, 0.3) is 0 Å². The van der Waals surface area contributed by atoms with Gasteiger partial charge < -0.3 is 20.1 Å². The number of allylic oxidation sites excluding steroid dienone is 1. The Morgan fingerprint density at radius 1 is 1.35 bits per heavy atom. The Morgan fingerprint density at radius 2 is 1.87 bits per heavy atom. The molecule has 1 amide bonds. The molecule has 1 aliphatic rings. The van der Waals surface area contributed by atoms with Gasteiger partial charge in [-0.25, -0.2) is 0 Å². The van der Waals surface area contributed by atoms with E-state index in [1.54, 1.807) is 26.2 Å². The maximum atomic E-state index is 11.4. The molecule has 1 saturated heterocycles. The zero-order chi connectivity index (χ0) is 18.4. The monoisotopic (exact) mass is 348 g/mol. The van der Waals surface area contributed by atoms with Crippen molar-refractivity contribution < 1.29 is 19.1 Å². The van der Waals surface area contributed by atoms with Gasteiger partial charge in [0.2, 0.25) is 5.91 Å². The number of amides is 1. The molecule has 6 nitrogen and oxygen atoms in total. The molecule has 0 unspecified atom stereocenters. The predicted octanol–water partition coefficient (Wildman–Crippen LogP) is 2.03. The SMILES string of the molecule is CC.CC(C)=CCOC(=O)CCS[C@@H]1[C@H](N)C(=O)N1C.COC. The van der Waals surface area contributed by atoms with Crippen LogP contribution in [0.4, 0.5) is 0 Å². The molecule has 0 aromatic rings. The fraction of sp³-hybridized carbons (Fsp3) is 0.750. The number of nitrogens with zero attached hydrogens (tertiary/aromatic N) is 1. The standard InChI is InChI=1S/C12H20N2O3S.C2H6O.C2H6/c1-8(2)4-6-17-9(15)5-7-18-12-10(13)11(16)14(12)3;1-3-2;1-2/h4,10,12H,5-7,13H2,1-3H3;1-2H3;1-2H3/t10-,12-;;/m1../s1. The number of ether oxygens (including phenoxy) is 2. The molecule has 2 atom stereocenters. The molecular formula is C16H32N2O4S. The first kappa shape index (κ1) is 24.2. The van der Waals surface area contributed by atoms with Crippen LogP contribution in [-0.4, -0.2) is 61.8 Å². The number of methoxy groups -OCH3 is 1. The first-order chi connectivity index (χ1) is 10.8. The third kappa shape index (κ3) is 10.4. The highest BCUT2D eigenvalue weighted by atomic mass is 32.2. The molecule has 0 spiro atoms. The Morgan fingerprint density at radius 3 is 2.30 bits per heavy atom. The number of carbonyl (C=O) groups is 2. The number of esters is 1. The molecule has 0 radical (unpaired) electrons. The third-order valence-corrected chi connectivity index (χ3v) is 4.04. The number of β-lactam (4-membered cyclic amide) rings is 1. The van der Waals surface area contributed by atoms with Crippen LogP contribution in [0.3, 0.4) is 0 Å². The highest BCUT2D eigenvalue weighted by molar-refractivity contribution is 8.00. The molecule has 1 fully saturated rings. The quantitative estimate of drug-likeness (QED) is 0.449. The van der Waals surface area contributed by atoms with Gasteiger partial charge in [0.05, 0.1) is 6.42 Å². The summed E-state index contributed by atoms with van der Waals surface area (Å²) in [5.41, 5.74) is 6.77. The van der Waals surface area contributed by atoms with Gasteiger partial charge in [-0.3, -0.25) is 9.59 Å². The molecule has 0 saturated carbocycles. The van der Waals surface area contributed by atoms with Gasteiger partial charge in [0.15, 0.2) is 0 Å². The molecule has 0 aliphatic carbocycles. The zero-order valence-corrected chi connectivity index (χ0v) is 16.2. The number of nitrogens with two attached hydrogens (primary N) is 1. The summed E-state index contributed by atoms with van der Waals surface area (Å²) < 4.78 is 9.27. The average molecular weight is 349 g/mol. The molecule has 0 bridgehead atoms. The van der Waals surface area contributed by atoms with Crippen molar-refractivity contribution >= 4 is 23.6 Å². The summed E-state index contributed by atoms with van der Waals surface area (Å²) >= 11 is 1.52. The maximum absolute atomic E-state index is 11.4. The summed E-state index contributed by atoms with van der Waals surface area (Å²) in [6, 6.07) is -0.429. The second-order valence-electron chi connectivity index (χ2n) is 4.86. The van der Waals surface area contributed by atoms with E-state index >= 15 is 0 Å². The summed E-state index contributed by atoms with van der Waals surface area (Å²) in [7, 11) is 4.97. The molecule has 7 heteroatoms. The molecule has 2 N–H and O–H groups in total. The number of hydrogen-bond donors (Lipinski definition) is 1. The smallest absolute Gasteiger partial charge is 0.306 e. The van der Waals surface area contributed by atoms with E-state index in [-0.39, 0.29) is 17.3 Å². The van der Waals surface area contributed by atoms with Crippen LogP contribution in [0.1, 0.15) is 34.1 Å². The van der Waals surface area contributed by atoms with E-state index in [0.29, 0.717) is 18.8 Å². The van der Waals surface area contributed by atoms with Crippen molar-refractivity contribution in [2.75, 3.05) is 33.6 Å². The molecular weight excluding hydrogens is 316 g/mol. The molecule has 0 aromatic carbocycles. The van der Waals surface area contributed by atoms with Gasteiger partial charge in [0.25, 0.3) is 0 Å². The Hall–Kier alpha value is -1.05. The van der Waals surface area contributed by atoms with Crippen LogP contribution < -0.4 is 5.73 Å². The third-order valence-electron chi connectivity index (χ3n) is 2.65. The zero-order valence-electron chi connectivity index (χ0n) is 15.4. The van der Waals surface area contributed by atoms with Crippen molar-refractivity contribution in [2.24, 2.45) is 5.73 Å². The Balaban J connectivity index is 0. The van der Waals surface area contributed by atoms with Crippen molar-refractivity contribution in [3.8, 4) is 0 Å². The minimum absolute atomic E-state index is 0.0110. The average Bonchev–Trinajstić information content (AvgIpc) is 2.53. The van der Waals surface area contributed by atoms with Gasteiger partial charge >= 0.3 is 5.97 Å². The molecule has 23 heavy (non-hydrogen) atoms. The van der Waals surface area contributed by atoms with Gasteiger partial charge in [-0.15, -0.1) is 11.8 Å². The lowest BCUT2D eigenvalue weighted by Crippen LogP contribution is -2.65. The van der Waals surface area contributed by atoms with Crippen molar-refractivity contribution in [2.45, 2.75) is 45.5 Å². The fourth-order valence-corrected chi connectivity index (χ4v) is 2.67. The lowest BCUT2D eigenvalue weighted by atomic mass is 10.1. The van der Waals surface area contributed by atoms with Crippen molar-refractivity contribution in [3.05, 3.63) is 11.6 Å². The number of rotatable bonds is 6. The Bertz CT molecular complexity index is 359. The summed E-state index contributed by atoms with van der Waals surface area (Å²) in [6.45, 7) is 8.23. The maximum Gasteiger partial charge on any atom is 0.306 e. The van der Waals surface area contributed by atoms with Gasteiger partial charge in [0.1, 0.15) is 18.0 Å². The Kier molecular flexibility index (Phi) is 15.3. The first-order valence-electron chi connectivity index (χ1n) is 7.68. The first-order valence-corrected chi connectivity index (χ1v) is 8.73. The van der Waals surface area contributed by atoms with Crippen LogP contribution in [0.2, 0.25) is 0 Å². The number of likely N-dealkylation sites (N-methyl/N-ethyl adjacent to an activating group) is 1. The van der Waals surface area contributed by atoms with Crippen LogP contribution in [-0.2, 0) is 19.1 Å². The lowest BCUT2D eigenvalue weighted by molar-refractivity contribution is -0.142. The van der Waals surface area contributed by atoms with E-state index in [4.69, 9.17) is 10.5 Å². The molecule has 1 rings (SSSR count). The summed E-state index contributed by atoms with van der Waals surface area (Å²) in [5, 5.41) is -0.0110. The highest BCUT2D eigenvalue weighted by Gasteiger charge is 2.42. The number of carbonyl (C=O) groups excluding carboxylic acids is 2. The van der Waals surface area contributed by atoms with E-state index < -0.39 is 6.04 Å².